The molecule has 58 heavy (non-hydrogen) atoms. The second-order valence-electron chi connectivity index (χ2n) is 15.3. The Labute approximate surface area is 337 Å². The van der Waals surface area contributed by atoms with E-state index in [-0.39, 0.29) is 0 Å². The van der Waals surface area contributed by atoms with Crippen LogP contribution in [0.2, 0.25) is 0 Å². The normalized spacial score (nSPS) is 12.1. The molecule has 13 aromatic rings. The van der Waals surface area contributed by atoms with Crippen LogP contribution in [0.25, 0.3) is 114 Å². The van der Waals surface area contributed by atoms with Gasteiger partial charge in [0.05, 0.1) is 38.8 Å². The van der Waals surface area contributed by atoms with E-state index in [1.165, 1.54) is 102 Å². The van der Waals surface area contributed by atoms with Crippen molar-refractivity contribution in [2.45, 2.75) is 0 Å². The topological polar surface area (TPSA) is 14.8 Å². The Hall–Kier alpha value is -7.40. The fourth-order valence-electron chi connectivity index (χ4n) is 9.74. The quantitative estimate of drug-likeness (QED) is 0.170. The molecule has 9 aromatic carbocycles. The van der Waals surface area contributed by atoms with Crippen LogP contribution in [0.3, 0.4) is 0 Å². The molecule has 0 amide bonds. The van der Waals surface area contributed by atoms with Crippen molar-refractivity contribution in [3.8, 4) is 28.2 Å². The fourth-order valence-corrected chi connectivity index (χ4v) is 10.9. The Bertz CT molecular complexity index is 3750. The Morgan fingerprint density at radius 2 is 0.793 bits per heavy atom. The van der Waals surface area contributed by atoms with Gasteiger partial charge in [0.25, 0.3) is 0 Å². The van der Waals surface area contributed by atoms with Gasteiger partial charge in [-0.15, -0.1) is 11.3 Å². The smallest absolute Gasteiger partial charge is 0.0562 e. The summed E-state index contributed by atoms with van der Waals surface area (Å²) < 4.78 is 9.96. The highest BCUT2D eigenvalue weighted by Gasteiger charge is 2.20. The van der Waals surface area contributed by atoms with Crippen LogP contribution in [0.5, 0.6) is 0 Å². The van der Waals surface area contributed by atoms with Crippen LogP contribution in [0, 0.1) is 0 Å². The maximum absolute atomic E-state index is 2.50. The van der Waals surface area contributed by atoms with E-state index in [1.807, 2.05) is 11.3 Å². The number of benzene rings is 9. The first-order chi connectivity index (χ1) is 28.8. The van der Waals surface area contributed by atoms with E-state index in [1.54, 1.807) is 0 Å². The Morgan fingerprint density at radius 1 is 0.276 bits per heavy atom. The zero-order valence-corrected chi connectivity index (χ0v) is 32.1. The van der Waals surface area contributed by atoms with Crippen LogP contribution in [0.4, 0.5) is 0 Å². The first-order valence-corrected chi connectivity index (χ1v) is 20.7. The van der Waals surface area contributed by atoms with Crippen LogP contribution in [-0.2, 0) is 0 Å². The van der Waals surface area contributed by atoms with E-state index in [9.17, 15) is 0 Å². The van der Waals surface area contributed by atoms with E-state index in [2.05, 4.69) is 214 Å². The predicted molar refractivity (Wildman–Crippen MR) is 248 cm³/mol. The summed E-state index contributed by atoms with van der Waals surface area (Å²) in [5.41, 5.74) is 13.2. The summed E-state index contributed by atoms with van der Waals surface area (Å²) >= 11 is 1.88. The molecule has 0 aliphatic rings. The largest absolute Gasteiger partial charge is 0.309 e. The lowest BCUT2D eigenvalue weighted by molar-refractivity contribution is 1.16. The monoisotopic (exact) mass is 755 g/mol. The van der Waals surface area contributed by atoms with E-state index >= 15 is 0 Å². The van der Waals surface area contributed by atoms with Crippen molar-refractivity contribution in [3.63, 3.8) is 0 Å². The third-order valence-electron chi connectivity index (χ3n) is 12.2. The van der Waals surface area contributed by atoms with Crippen LogP contribution in [0.1, 0.15) is 0 Å². The fraction of sp³-hybridized carbons (Fsp3) is 0. The first kappa shape index (κ1) is 31.8. The first-order valence-electron chi connectivity index (χ1n) is 19.8. The molecule has 4 heterocycles. The highest BCUT2D eigenvalue weighted by atomic mass is 32.1. The Morgan fingerprint density at radius 3 is 1.47 bits per heavy atom. The van der Waals surface area contributed by atoms with Crippen LogP contribution < -0.4 is 0 Å². The Balaban J connectivity index is 1.05. The van der Waals surface area contributed by atoms with Gasteiger partial charge in [0.15, 0.2) is 0 Å². The van der Waals surface area contributed by atoms with Crippen LogP contribution in [-0.4, -0.2) is 13.7 Å². The predicted octanol–water partition coefficient (Wildman–Crippen LogP) is 15.0. The molecule has 13 rings (SSSR count). The molecule has 0 radical (unpaired) electrons. The number of thiophene rings is 1. The lowest BCUT2D eigenvalue weighted by Crippen LogP contribution is -1.98. The van der Waals surface area contributed by atoms with Crippen molar-refractivity contribution in [1.82, 2.24) is 13.7 Å². The van der Waals surface area contributed by atoms with Gasteiger partial charge in [-0.05, 0) is 83.9 Å². The lowest BCUT2D eigenvalue weighted by Gasteiger charge is -2.13. The van der Waals surface area contributed by atoms with E-state index in [0.29, 0.717) is 0 Å². The van der Waals surface area contributed by atoms with Gasteiger partial charge in [-0.25, -0.2) is 0 Å². The van der Waals surface area contributed by atoms with Gasteiger partial charge in [0, 0.05) is 63.9 Å². The number of hydrogen-bond donors (Lipinski definition) is 0. The number of nitrogens with zero attached hydrogens (tertiary/aromatic N) is 3. The van der Waals surface area contributed by atoms with Gasteiger partial charge in [-0.2, -0.15) is 0 Å². The summed E-state index contributed by atoms with van der Waals surface area (Å²) in [6.07, 6.45) is 0. The molecular formula is C54H33N3S. The van der Waals surface area contributed by atoms with Gasteiger partial charge in [0.2, 0.25) is 0 Å². The maximum atomic E-state index is 2.50. The van der Waals surface area contributed by atoms with Crippen molar-refractivity contribution >= 4 is 96.9 Å². The highest BCUT2D eigenvalue weighted by molar-refractivity contribution is 7.26. The molecule has 0 aliphatic heterocycles. The summed E-state index contributed by atoms with van der Waals surface area (Å²) in [7, 11) is 0. The molecule has 270 valence electrons. The zero-order valence-electron chi connectivity index (χ0n) is 31.3. The zero-order chi connectivity index (χ0) is 37.9. The number of hydrogen-bond acceptors (Lipinski definition) is 1. The maximum Gasteiger partial charge on any atom is 0.0562 e. The van der Waals surface area contributed by atoms with Gasteiger partial charge in [-0.1, -0.05) is 127 Å². The van der Waals surface area contributed by atoms with Crippen LogP contribution in [0.15, 0.2) is 200 Å². The molecule has 0 saturated carbocycles. The summed E-state index contributed by atoms with van der Waals surface area (Å²) in [6.45, 7) is 0. The van der Waals surface area contributed by atoms with Gasteiger partial charge in [-0.3, -0.25) is 0 Å². The Kier molecular flexibility index (Phi) is 6.60. The minimum Gasteiger partial charge on any atom is -0.309 e. The highest BCUT2D eigenvalue weighted by Crippen LogP contribution is 2.43. The van der Waals surface area contributed by atoms with Gasteiger partial charge >= 0.3 is 0 Å². The van der Waals surface area contributed by atoms with Crippen molar-refractivity contribution < 1.29 is 0 Å². The minimum absolute atomic E-state index is 1.14. The van der Waals surface area contributed by atoms with E-state index in [0.717, 1.165) is 11.4 Å². The van der Waals surface area contributed by atoms with Gasteiger partial charge < -0.3 is 13.7 Å². The second kappa shape index (κ2) is 12.1. The van der Waals surface area contributed by atoms with Crippen molar-refractivity contribution in [2.24, 2.45) is 0 Å². The molecule has 0 saturated heterocycles. The number of fused-ring (bicyclic) bond motifs is 12. The second-order valence-corrected chi connectivity index (χ2v) is 16.4. The molecule has 0 aliphatic carbocycles. The number of rotatable bonds is 4. The summed E-state index contributed by atoms with van der Waals surface area (Å²) in [5, 5.41) is 10.1. The lowest BCUT2D eigenvalue weighted by atomic mass is 10.0. The van der Waals surface area contributed by atoms with Crippen LogP contribution >= 0.6 is 11.3 Å². The van der Waals surface area contributed by atoms with Gasteiger partial charge in [0.1, 0.15) is 0 Å². The molecule has 0 unspecified atom stereocenters. The molecule has 0 N–H and O–H groups in total. The molecule has 4 aromatic heterocycles. The number of aromatic nitrogens is 3. The van der Waals surface area contributed by atoms with E-state index in [4.69, 9.17) is 0 Å². The third-order valence-corrected chi connectivity index (χ3v) is 13.4. The third kappa shape index (κ3) is 4.43. The average molecular weight is 756 g/mol. The molecule has 0 atom stereocenters. The molecular weight excluding hydrogens is 723 g/mol. The summed E-state index contributed by atoms with van der Waals surface area (Å²) in [4.78, 5) is 0. The molecule has 0 spiro atoms. The van der Waals surface area contributed by atoms with Crippen molar-refractivity contribution in [3.05, 3.63) is 200 Å². The van der Waals surface area contributed by atoms with Crippen molar-refractivity contribution in [2.75, 3.05) is 0 Å². The average Bonchev–Trinajstić information content (AvgIpc) is 4.02. The minimum atomic E-state index is 1.14. The number of para-hydroxylation sites is 4. The molecule has 0 bridgehead atoms. The summed E-state index contributed by atoms with van der Waals surface area (Å²) in [6, 6.07) is 73.7. The van der Waals surface area contributed by atoms with E-state index < -0.39 is 0 Å². The SMILES string of the molecule is c1ccc(-c2ccc3c(c2)sc2cccc(-n4c5ccccc5c5ccc(-n6c7ccccc7c7cc(-n8c9ccccc9c9ccccc98)ccc76)cc54)c23)cc1. The molecule has 4 heteroatoms. The standard InChI is InChI=1S/C54H33N3S/c1-2-13-34(14-3-1)35-25-28-43-53(31-35)58-52-24-12-23-50(54(43)52)57-48-22-11-6-17-40(48)42-29-26-37(33-51(42)57)56-47-21-10-7-18-41(47)44-32-36(27-30-49(44)56)55-45-19-8-4-15-38(45)39-16-5-9-20-46(39)55/h1-33H. The summed E-state index contributed by atoms with van der Waals surface area (Å²) in [5.74, 6) is 0. The molecule has 3 nitrogen and oxygen atoms in total. The molecule has 0 fully saturated rings. The van der Waals surface area contributed by atoms with Crippen molar-refractivity contribution in [1.29, 1.82) is 0 Å².